The summed E-state index contributed by atoms with van der Waals surface area (Å²) in [6.45, 7) is 5.15. The molecule has 1 aliphatic rings. The van der Waals surface area contributed by atoms with E-state index >= 15 is 0 Å². The molecule has 5 nitrogen and oxygen atoms in total. The van der Waals surface area contributed by atoms with Crippen LogP contribution < -0.4 is 10.6 Å². The predicted octanol–water partition coefficient (Wildman–Crippen LogP) is 3.26. The first kappa shape index (κ1) is 18.6. The lowest BCUT2D eigenvalue weighted by Gasteiger charge is -2.29. The number of fused-ring (bicyclic) bond motifs is 1. The minimum atomic E-state index is -0.390. The van der Waals surface area contributed by atoms with Gasteiger partial charge in [0.05, 0.1) is 6.42 Å². The van der Waals surface area contributed by atoms with Crippen molar-refractivity contribution < 1.29 is 14.0 Å². The Kier molecular flexibility index (Phi) is 5.86. The van der Waals surface area contributed by atoms with E-state index < -0.39 is 0 Å². The molecule has 27 heavy (non-hydrogen) atoms. The Morgan fingerprint density at radius 1 is 1.19 bits per heavy atom. The maximum Gasteiger partial charge on any atom is 0.317 e. The largest absolute Gasteiger partial charge is 0.335 e. The number of carbonyl (C=O) groups is 2. The first-order valence-electron chi connectivity index (χ1n) is 8.85. The SMILES string of the molecule is C=CCNC(=O)N1CCc2ccc(NC(=O)Cc3ccccc3F)cc2C1. The van der Waals surface area contributed by atoms with Gasteiger partial charge in [-0.25, -0.2) is 9.18 Å². The number of benzene rings is 2. The van der Waals surface area contributed by atoms with Crippen molar-refractivity contribution in [3.05, 3.63) is 77.6 Å². The molecule has 3 rings (SSSR count). The third-order valence-electron chi connectivity index (χ3n) is 4.50. The fraction of sp³-hybridized carbons (Fsp3) is 0.238. The summed E-state index contributed by atoms with van der Waals surface area (Å²) in [5, 5.41) is 5.58. The number of amides is 3. The molecule has 0 fully saturated rings. The summed E-state index contributed by atoms with van der Waals surface area (Å²) in [5.41, 5.74) is 3.16. The molecule has 6 heteroatoms. The smallest absolute Gasteiger partial charge is 0.317 e. The van der Waals surface area contributed by atoms with Gasteiger partial charge in [0.2, 0.25) is 5.91 Å². The predicted molar refractivity (Wildman–Crippen MR) is 103 cm³/mol. The van der Waals surface area contributed by atoms with Crippen LogP contribution in [0.2, 0.25) is 0 Å². The lowest BCUT2D eigenvalue weighted by molar-refractivity contribution is -0.115. The fourth-order valence-corrected chi connectivity index (χ4v) is 3.10. The van der Waals surface area contributed by atoms with E-state index in [9.17, 15) is 14.0 Å². The number of anilines is 1. The fourth-order valence-electron chi connectivity index (χ4n) is 3.10. The molecule has 0 atom stereocenters. The average molecular weight is 367 g/mol. The van der Waals surface area contributed by atoms with Gasteiger partial charge >= 0.3 is 6.03 Å². The van der Waals surface area contributed by atoms with Gasteiger partial charge in [-0.3, -0.25) is 4.79 Å². The number of hydrogen-bond acceptors (Lipinski definition) is 2. The molecule has 0 aliphatic carbocycles. The molecule has 0 aromatic heterocycles. The van der Waals surface area contributed by atoms with Crippen LogP contribution in [0.3, 0.4) is 0 Å². The van der Waals surface area contributed by atoms with Crippen LogP contribution in [-0.2, 0) is 24.2 Å². The second kappa shape index (κ2) is 8.49. The molecule has 2 aromatic rings. The van der Waals surface area contributed by atoms with Gasteiger partial charge < -0.3 is 15.5 Å². The van der Waals surface area contributed by atoms with Crippen LogP contribution in [0.1, 0.15) is 16.7 Å². The highest BCUT2D eigenvalue weighted by Gasteiger charge is 2.20. The highest BCUT2D eigenvalue weighted by atomic mass is 19.1. The van der Waals surface area contributed by atoms with E-state index in [4.69, 9.17) is 0 Å². The minimum Gasteiger partial charge on any atom is -0.335 e. The molecule has 2 N–H and O–H groups in total. The summed E-state index contributed by atoms with van der Waals surface area (Å²) in [4.78, 5) is 26.1. The highest BCUT2D eigenvalue weighted by Crippen LogP contribution is 2.23. The number of hydrogen-bond donors (Lipinski definition) is 2. The molecular weight excluding hydrogens is 345 g/mol. The number of halogens is 1. The van der Waals surface area contributed by atoms with Crippen LogP contribution in [0.15, 0.2) is 55.1 Å². The summed E-state index contributed by atoms with van der Waals surface area (Å²) in [5.74, 6) is -0.671. The van der Waals surface area contributed by atoms with Crippen LogP contribution >= 0.6 is 0 Å². The van der Waals surface area contributed by atoms with E-state index in [1.54, 1.807) is 29.2 Å². The maximum absolute atomic E-state index is 13.7. The van der Waals surface area contributed by atoms with E-state index in [-0.39, 0.29) is 24.2 Å². The quantitative estimate of drug-likeness (QED) is 0.797. The Bertz CT molecular complexity index is 866. The molecule has 2 aromatic carbocycles. The Morgan fingerprint density at radius 2 is 2.00 bits per heavy atom. The maximum atomic E-state index is 13.7. The van der Waals surface area contributed by atoms with Crippen molar-refractivity contribution in [2.45, 2.75) is 19.4 Å². The van der Waals surface area contributed by atoms with Gasteiger partial charge in [-0.1, -0.05) is 30.3 Å². The minimum absolute atomic E-state index is 0.0279. The zero-order chi connectivity index (χ0) is 19.2. The van der Waals surface area contributed by atoms with Crippen molar-refractivity contribution in [2.75, 3.05) is 18.4 Å². The first-order valence-corrected chi connectivity index (χ1v) is 8.85. The van der Waals surface area contributed by atoms with E-state index in [0.717, 1.165) is 17.5 Å². The number of nitrogens with zero attached hydrogens (tertiary/aromatic N) is 1. The molecule has 3 amide bonds. The molecule has 0 radical (unpaired) electrons. The molecule has 0 unspecified atom stereocenters. The second-order valence-corrected chi connectivity index (χ2v) is 6.45. The van der Waals surface area contributed by atoms with E-state index in [1.165, 1.54) is 6.07 Å². The Hall–Kier alpha value is -3.15. The summed E-state index contributed by atoms with van der Waals surface area (Å²) >= 11 is 0. The molecule has 0 saturated carbocycles. The molecule has 140 valence electrons. The molecule has 1 aliphatic heterocycles. The second-order valence-electron chi connectivity index (χ2n) is 6.45. The summed E-state index contributed by atoms with van der Waals surface area (Å²) in [6.07, 6.45) is 2.37. The van der Waals surface area contributed by atoms with Crippen LogP contribution in [0.25, 0.3) is 0 Å². The molecule has 0 spiro atoms. The average Bonchev–Trinajstić information content (AvgIpc) is 2.67. The summed E-state index contributed by atoms with van der Waals surface area (Å²) < 4.78 is 13.7. The van der Waals surface area contributed by atoms with Gasteiger partial charge in [0, 0.05) is 25.3 Å². The monoisotopic (exact) mass is 367 g/mol. The summed E-state index contributed by atoms with van der Waals surface area (Å²) in [6, 6.07) is 11.8. The number of urea groups is 1. The normalized spacial score (nSPS) is 12.9. The van der Waals surface area contributed by atoms with Crippen molar-refractivity contribution in [2.24, 2.45) is 0 Å². The van der Waals surface area contributed by atoms with Crippen molar-refractivity contribution in [3.63, 3.8) is 0 Å². The van der Waals surface area contributed by atoms with Crippen LogP contribution in [-0.4, -0.2) is 29.9 Å². The van der Waals surface area contributed by atoms with Gasteiger partial charge in [0.25, 0.3) is 0 Å². The Labute approximate surface area is 157 Å². The zero-order valence-electron chi connectivity index (χ0n) is 15.0. The van der Waals surface area contributed by atoms with Crippen molar-refractivity contribution in [1.82, 2.24) is 10.2 Å². The Morgan fingerprint density at radius 3 is 2.78 bits per heavy atom. The third kappa shape index (κ3) is 4.73. The molecular formula is C21H22FN3O2. The zero-order valence-corrected chi connectivity index (χ0v) is 15.0. The molecule has 0 saturated heterocycles. The van der Waals surface area contributed by atoms with Crippen molar-refractivity contribution >= 4 is 17.6 Å². The van der Waals surface area contributed by atoms with Gasteiger partial charge in [0.15, 0.2) is 0 Å². The van der Waals surface area contributed by atoms with Crippen molar-refractivity contribution in [1.29, 1.82) is 0 Å². The van der Waals surface area contributed by atoms with Crippen LogP contribution in [0.5, 0.6) is 0 Å². The van der Waals surface area contributed by atoms with Crippen LogP contribution in [0.4, 0.5) is 14.9 Å². The Balaban J connectivity index is 1.65. The van der Waals surface area contributed by atoms with Gasteiger partial charge in [0.1, 0.15) is 5.82 Å². The van der Waals surface area contributed by atoms with E-state index in [0.29, 0.717) is 30.9 Å². The number of rotatable bonds is 5. The third-order valence-corrected chi connectivity index (χ3v) is 4.50. The van der Waals surface area contributed by atoms with Crippen LogP contribution in [0, 0.1) is 5.82 Å². The van der Waals surface area contributed by atoms with Gasteiger partial charge in [-0.05, 0) is 41.3 Å². The van der Waals surface area contributed by atoms with E-state index in [2.05, 4.69) is 17.2 Å². The van der Waals surface area contributed by atoms with Gasteiger partial charge in [-0.2, -0.15) is 0 Å². The summed E-state index contributed by atoms with van der Waals surface area (Å²) in [7, 11) is 0. The lowest BCUT2D eigenvalue weighted by Crippen LogP contribution is -2.42. The topological polar surface area (TPSA) is 61.4 Å². The lowest BCUT2D eigenvalue weighted by atomic mass is 9.99. The van der Waals surface area contributed by atoms with E-state index in [1.807, 2.05) is 18.2 Å². The molecule has 0 bridgehead atoms. The number of carbonyl (C=O) groups excluding carboxylic acids is 2. The van der Waals surface area contributed by atoms with Crippen molar-refractivity contribution in [3.8, 4) is 0 Å². The highest BCUT2D eigenvalue weighted by molar-refractivity contribution is 5.92. The number of nitrogens with one attached hydrogen (secondary N) is 2. The standard InChI is InChI=1S/C21H22FN3O2/c1-2-10-23-21(27)25-11-9-15-7-8-18(12-17(15)14-25)24-20(26)13-16-5-3-4-6-19(16)22/h2-8,12H,1,9-11,13-14H2,(H,23,27)(H,24,26). The first-order chi connectivity index (χ1) is 13.1. The van der Waals surface area contributed by atoms with Gasteiger partial charge in [-0.15, -0.1) is 6.58 Å². The molecule has 1 heterocycles.